The van der Waals surface area contributed by atoms with Crippen LogP contribution in [-0.2, 0) is 6.54 Å². The highest BCUT2D eigenvalue weighted by Crippen LogP contribution is 1.98. The van der Waals surface area contributed by atoms with Crippen molar-refractivity contribution in [3.05, 3.63) is 18.5 Å². The van der Waals surface area contributed by atoms with Crippen molar-refractivity contribution in [1.82, 2.24) is 15.1 Å². The fourth-order valence-corrected chi connectivity index (χ4v) is 1.31. The molecule has 1 unspecified atom stereocenters. The summed E-state index contributed by atoms with van der Waals surface area (Å²) in [6, 6.07) is 2.51. The van der Waals surface area contributed by atoms with Crippen LogP contribution in [0.2, 0.25) is 0 Å². The molecule has 1 aromatic rings. The number of likely N-dealkylation sites (N-methyl/N-ethyl adjacent to an activating group) is 1. The van der Waals surface area contributed by atoms with Crippen LogP contribution in [0.3, 0.4) is 0 Å². The first kappa shape index (κ1) is 9.26. The van der Waals surface area contributed by atoms with Crippen molar-refractivity contribution in [2.24, 2.45) is 0 Å². The Hall–Kier alpha value is -0.830. The summed E-state index contributed by atoms with van der Waals surface area (Å²) < 4.78 is 1.97. The van der Waals surface area contributed by atoms with Crippen LogP contribution in [0.1, 0.15) is 19.8 Å². The van der Waals surface area contributed by atoms with Gasteiger partial charge in [0.15, 0.2) is 0 Å². The maximum absolute atomic E-state index is 4.16. The van der Waals surface area contributed by atoms with Crippen LogP contribution < -0.4 is 5.32 Å². The third kappa shape index (κ3) is 2.66. The lowest BCUT2D eigenvalue weighted by Crippen LogP contribution is -2.30. The summed E-state index contributed by atoms with van der Waals surface area (Å²) in [6.45, 7) is 3.17. The second-order valence-corrected chi connectivity index (χ2v) is 3.00. The molecule has 68 valence electrons. The van der Waals surface area contributed by atoms with Gasteiger partial charge in [-0.2, -0.15) is 5.10 Å². The number of hydrogen-bond donors (Lipinski definition) is 1. The van der Waals surface area contributed by atoms with Crippen LogP contribution in [0.4, 0.5) is 0 Å². The molecule has 0 aliphatic carbocycles. The Bertz CT molecular complexity index is 194. The number of aromatic nitrogens is 2. The van der Waals surface area contributed by atoms with Crippen LogP contribution in [0, 0.1) is 0 Å². The van der Waals surface area contributed by atoms with E-state index in [0.29, 0.717) is 6.04 Å². The third-order valence-electron chi connectivity index (χ3n) is 2.01. The van der Waals surface area contributed by atoms with Gasteiger partial charge in [-0.05, 0) is 19.5 Å². The molecule has 0 aromatic carbocycles. The van der Waals surface area contributed by atoms with Crippen molar-refractivity contribution in [3.8, 4) is 0 Å². The van der Waals surface area contributed by atoms with E-state index in [2.05, 4.69) is 17.3 Å². The predicted molar refractivity (Wildman–Crippen MR) is 50.0 cm³/mol. The van der Waals surface area contributed by atoms with Gasteiger partial charge in [-0.3, -0.25) is 4.68 Å². The van der Waals surface area contributed by atoms with Crippen molar-refractivity contribution in [3.63, 3.8) is 0 Å². The summed E-state index contributed by atoms with van der Waals surface area (Å²) in [5, 5.41) is 7.44. The molecular weight excluding hydrogens is 150 g/mol. The Morgan fingerprint density at radius 2 is 2.42 bits per heavy atom. The Morgan fingerprint density at radius 3 is 2.92 bits per heavy atom. The fourth-order valence-electron chi connectivity index (χ4n) is 1.31. The molecule has 1 heterocycles. The highest BCUT2D eigenvalue weighted by atomic mass is 15.3. The minimum atomic E-state index is 0.551. The fraction of sp³-hybridized carbons (Fsp3) is 0.667. The van der Waals surface area contributed by atoms with Crippen LogP contribution >= 0.6 is 0 Å². The Kier molecular flexibility index (Phi) is 3.80. The van der Waals surface area contributed by atoms with Gasteiger partial charge in [0.05, 0.1) is 6.54 Å². The first-order valence-corrected chi connectivity index (χ1v) is 4.51. The van der Waals surface area contributed by atoms with Gasteiger partial charge in [0.2, 0.25) is 0 Å². The van der Waals surface area contributed by atoms with E-state index < -0.39 is 0 Å². The molecule has 0 saturated heterocycles. The monoisotopic (exact) mass is 167 g/mol. The van der Waals surface area contributed by atoms with E-state index in [1.54, 1.807) is 0 Å². The maximum atomic E-state index is 4.16. The van der Waals surface area contributed by atoms with Crippen LogP contribution in [-0.4, -0.2) is 22.9 Å². The largest absolute Gasteiger partial charge is 0.315 e. The minimum absolute atomic E-state index is 0.551. The van der Waals surface area contributed by atoms with E-state index in [1.807, 2.05) is 30.2 Å². The number of nitrogens with zero attached hydrogens (tertiary/aromatic N) is 2. The van der Waals surface area contributed by atoms with E-state index in [9.17, 15) is 0 Å². The Balaban J connectivity index is 2.37. The van der Waals surface area contributed by atoms with Crippen molar-refractivity contribution >= 4 is 0 Å². The lowest BCUT2D eigenvalue weighted by Gasteiger charge is -2.14. The molecule has 0 radical (unpaired) electrons. The third-order valence-corrected chi connectivity index (χ3v) is 2.01. The molecule has 0 bridgehead atoms. The molecular formula is C9H17N3. The number of rotatable bonds is 5. The predicted octanol–water partition coefficient (Wildman–Crippen LogP) is 1.27. The van der Waals surface area contributed by atoms with Gasteiger partial charge in [-0.25, -0.2) is 0 Å². The summed E-state index contributed by atoms with van der Waals surface area (Å²) in [6.07, 6.45) is 6.24. The van der Waals surface area contributed by atoms with E-state index in [1.165, 1.54) is 12.8 Å². The van der Waals surface area contributed by atoms with E-state index >= 15 is 0 Å². The van der Waals surface area contributed by atoms with Gasteiger partial charge in [0.25, 0.3) is 0 Å². The summed E-state index contributed by atoms with van der Waals surface area (Å²) in [7, 11) is 2.00. The lowest BCUT2D eigenvalue weighted by molar-refractivity contribution is 0.426. The maximum Gasteiger partial charge on any atom is 0.0562 e. The van der Waals surface area contributed by atoms with Gasteiger partial charge in [-0.1, -0.05) is 13.3 Å². The van der Waals surface area contributed by atoms with Crippen molar-refractivity contribution in [2.45, 2.75) is 32.4 Å². The molecule has 1 rings (SSSR count). The molecule has 0 saturated carbocycles. The molecule has 3 nitrogen and oxygen atoms in total. The summed E-state index contributed by atoms with van der Waals surface area (Å²) in [5.74, 6) is 0. The molecule has 3 heteroatoms. The zero-order chi connectivity index (χ0) is 8.81. The lowest BCUT2D eigenvalue weighted by atomic mass is 10.2. The quantitative estimate of drug-likeness (QED) is 0.715. The minimum Gasteiger partial charge on any atom is -0.315 e. The zero-order valence-electron chi connectivity index (χ0n) is 7.83. The summed E-state index contributed by atoms with van der Waals surface area (Å²) in [5.41, 5.74) is 0. The molecule has 12 heavy (non-hydrogen) atoms. The second kappa shape index (κ2) is 4.93. The number of hydrogen-bond acceptors (Lipinski definition) is 2. The van der Waals surface area contributed by atoms with Crippen molar-refractivity contribution < 1.29 is 0 Å². The van der Waals surface area contributed by atoms with E-state index in [-0.39, 0.29) is 0 Å². The van der Waals surface area contributed by atoms with Crippen molar-refractivity contribution in [2.75, 3.05) is 7.05 Å². The molecule has 0 aliphatic rings. The van der Waals surface area contributed by atoms with Gasteiger partial charge >= 0.3 is 0 Å². The zero-order valence-corrected chi connectivity index (χ0v) is 7.83. The van der Waals surface area contributed by atoms with Crippen LogP contribution in [0.5, 0.6) is 0 Å². The first-order chi connectivity index (χ1) is 5.86. The van der Waals surface area contributed by atoms with Gasteiger partial charge in [0.1, 0.15) is 0 Å². The highest BCUT2D eigenvalue weighted by Gasteiger charge is 2.04. The summed E-state index contributed by atoms with van der Waals surface area (Å²) >= 11 is 0. The van der Waals surface area contributed by atoms with Crippen LogP contribution in [0.25, 0.3) is 0 Å². The molecule has 0 spiro atoms. The smallest absolute Gasteiger partial charge is 0.0562 e. The molecule has 0 aliphatic heterocycles. The van der Waals surface area contributed by atoms with Crippen LogP contribution in [0.15, 0.2) is 18.5 Å². The molecule has 1 atom stereocenters. The second-order valence-electron chi connectivity index (χ2n) is 3.00. The normalized spacial score (nSPS) is 13.2. The Labute approximate surface area is 73.8 Å². The Morgan fingerprint density at radius 1 is 1.58 bits per heavy atom. The SMILES string of the molecule is CCCC(Cn1cccn1)NC. The van der Waals surface area contributed by atoms with Gasteiger partial charge in [-0.15, -0.1) is 0 Å². The van der Waals surface area contributed by atoms with Gasteiger partial charge < -0.3 is 5.32 Å². The first-order valence-electron chi connectivity index (χ1n) is 4.51. The molecule has 0 amide bonds. The average Bonchev–Trinajstić information content (AvgIpc) is 2.56. The van der Waals surface area contributed by atoms with Gasteiger partial charge in [0, 0.05) is 18.4 Å². The highest BCUT2D eigenvalue weighted by molar-refractivity contribution is 4.79. The molecule has 1 aromatic heterocycles. The molecule has 0 fully saturated rings. The topological polar surface area (TPSA) is 29.9 Å². The van der Waals surface area contributed by atoms with E-state index in [0.717, 1.165) is 6.54 Å². The average molecular weight is 167 g/mol. The standard InChI is InChI=1S/C9H17N3/c1-3-5-9(10-2)8-12-7-4-6-11-12/h4,6-7,9-10H,3,5,8H2,1-2H3. The van der Waals surface area contributed by atoms with E-state index in [4.69, 9.17) is 0 Å². The molecule has 1 N–H and O–H groups in total. The van der Waals surface area contributed by atoms with Crippen molar-refractivity contribution in [1.29, 1.82) is 0 Å². The summed E-state index contributed by atoms with van der Waals surface area (Å²) in [4.78, 5) is 0. The number of nitrogens with one attached hydrogen (secondary N) is 1.